The van der Waals surface area contributed by atoms with Crippen molar-refractivity contribution in [2.75, 3.05) is 26.7 Å². The number of nitrogens with zero attached hydrogens (tertiary/aromatic N) is 1. The summed E-state index contributed by atoms with van der Waals surface area (Å²) in [6.45, 7) is 9.70. The van der Waals surface area contributed by atoms with Crippen molar-refractivity contribution in [3.63, 3.8) is 0 Å². The van der Waals surface area contributed by atoms with Gasteiger partial charge >= 0.3 is 5.97 Å². The molecule has 0 aromatic rings. The lowest BCUT2D eigenvalue weighted by Crippen LogP contribution is -2.48. The summed E-state index contributed by atoms with van der Waals surface area (Å²) in [5.41, 5.74) is 0. The molecule has 2 N–H and O–H groups in total. The SMILES string of the molecule is CC(C)NC(CN(C)CCOC(C)C)C(=O)O. The van der Waals surface area contributed by atoms with E-state index in [1.165, 1.54) is 0 Å². The van der Waals surface area contributed by atoms with Crippen molar-refractivity contribution >= 4 is 5.97 Å². The molecule has 0 saturated carbocycles. The van der Waals surface area contributed by atoms with Gasteiger partial charge in [0.1, 0.15) is 6.04 Å². The average molecular weight is 246 g/mol. The minimum atomic E-state index is -0.810. The predicted molar refractivity (Wildman–Crippen MR) is 68.3 cm³/mol. The van der Waals surface area contributed by atoms with Crippen molar-refractivity contribution in [1.29, 1.82) is 0 Å². The van der Waals surface area contributed by atoms with Crippen molar-refractivity contribution in [2.45, 2.75) is 45.9 Å². The quantitative estimate of drug-likeness (QED) is 0.630. The fourth-order valence-electron chi connectivity index (χ4n) is 1.45. The molecule has 0 heterocycles. The van der Waals surface area contributed by atoms with Gasteiger partial charge in [0.25, 0.3) is 0 Å². The zero-order chi connectivity index (χ0) is 13.4. The number of aliphatic carboxylic acids is 1. The molecule has 0 aromatic heterocycles. The molecule has 5 nitrogen and oxygen atoms in total. The monoisotopic (exact) mass is 246 g/mol. The normalized spacial score (nSPS) is 13.6. The molecule has 0 rings (SSSR count). The summed E-state index contributed by atoms with van der Waals surface area (Å²) in [4.78, 5) is 13.0. The molecular weight excluding hydrogens is 220 g/mol. The zero-order valence-corrected chi connectivity index (χ0v) is 11.6. The van der Waals surface area contributed by atoms with E-state index in [2.05, 4.69) is 5.32 Å². The van der Waals surface area contributed by atoms with E-state index in [4.69, 9.17) is 9.84 Å². The highest BCUT2D eigenvalue weighted by molar-refractivity contribution is 5.73. The van der Waals surface area contributed by atoms with Gasteiger partial charge in [-0.3, -0.25) is 4.79 Å². The van der Waals surface area contributed by atoms with Crippen molar-refractivity contribution in [3.05, 3.63) is 0 Å². The number of hydrogen-bond acceptors (Lipinski definition) is 4. The summed E-state index contributed by atoms with van der Waals surface area (Å²) in [7, 11) is 1.90. The second-order valence-corrected chi connectivity index (χ2v) is 4.89. The molecule has 0 fully saturated rings. The molecule has 0 aromatic carbocycles. The molecule has 5 heteroatoms. The van der Waals surface area contributed by atoms with E-state index < -0.39 is 12.0 Å². The summed E-state index contributed by atoms with van der Waals surface area (Å²) in [5, 5.41) is 12.1. The van der Waals surface area contributed by atoms with E-state index in [1.807, 2.05) is 39.6 Å². The Morgan fingerprint density at radius 1 is 1.35 bits per heavy atom. The van der Waals surface area contributed by atoms with Gasteiger partial charge in [-0.2, -0.15) is 0 Å². The van der Waals surface area contributed by atoms with Crippen LogP contribution >= 0.6 is 0 Å². The molecule has 1 unspecified atom stereocenters. The van der Waals surface area contributed by atoms with Gasteiger partial charge in [0, 0.05) is 19.1 Å². The lowest BCUT2D eigenvalue weighted by molar-refractivity contribution is -0.140. The Labute approximate surface area is 104 Å². The van der Waals surface area contributed by atoms with Crippen LogP contribution in [0.2, 0.25) is 0 Å². The summed E-state index contributed by atoms with van der Waals surface area (Å²) >= 11 is 0. The number of nitrogens with one attached hydrogen (secondary N) is 1. The van der Waals surface area contributed by atoms with Crippen LogP contribution < -0.4 is 5.32 Å². The van der Waals surface area contributed by atoms with Gasteiger partial charge in [-0.1, -0.05) is 13.8 Å². The maximum Gasteiger partial charge on any atom is 0.322 e. The first-order valence-electron chi connectivity index (χ1n) is 6.12. The third kappa shape index (κ3) is 9.09. The van der Waals surface area contributed by atoms with Crippen LogP contribution in [0.4, 0.5) is 0 Å². The highest BCUT2D eigenvalue weighted by atomic mass is 16.5. The predicted octanol–water partition coefficient (Wildman–Crippen LogP) is 0.794. The van der Waals surface area contributed by atoms with E-state index in [1.54, 1.807) is 0 Å². The van der Waals surface area contributed by atoms with Gasteiger partial charge in [-0.05, 0) is 20.9 Å². The van der Waals surface area contributed by atoms with Gasteiger partial charge in [-0.25, -0.2) is 0 Å². The largest absolute Gasteiger partial charge is 0.480 e. The van der Waals surface area contributed by atoms with Crippen molar-refractivity contribution < 1.29 is 14.6 Å². The Morgan fingerprint density at radius 3 is 2.35 bits per heavy atom. The summed E-state index contributed by atoms with van der Waals surface area (Å²) in [5.74, 6) is -0.810. The number of hydrogen-bond donors (Lipinski definition) is 2. The summed E-state index contributed by atoms with van der Waals surface area (Å²) in [6, 6.07) is -0.365. The molecule has 1 atom stereocenters. The van der Waals surface area contributed by atoms with Crippen LogP contribution in [0, 0.1) is 0 Å². The average Bonchev–Trinajstić information content (AvgIpc) is 2.15. The number of rotatable bonds is 9. The van der Waals surface area contributed by atoms with Gasteiger partial charge in [0.15, 0.2) is 0 Å². The van der Waals surface area contributed by atoms with Gasteiger partial charge < -0.3 is 20.1 Å². The topological polar surface area (TPSA) is 61.8 Å². The molecule has 0 aliphatic rings. The Kier molecular flexibility index (Phi) is 8.12. The highest BCUT2D eigenvalue weighted by Gasteiger charge is 2.19. The number of likely N-dealkylation sites (N-methyl/N-ethyl adjacent to an activating group) is 1. The molecule has 0 aliphatic carbocycles. The maximum absolute atomic E-state index is 11.0. The lowest BCUT2D eigenvalue weighted by atomic mass is 10.2. The number of carbonyl (C=O) groups is 1. The Balaban J connectivity index is 3.95. The molecule has 102 valence electrons. The maximum atomic E-state index is 11.0. The molecule has 0 bridgehead atoms. The van der Waals surface area contributed by atoms with Crippen LogP contribution in [0.3, 0.4) is 0 Å². The Hall–Kier alpha value is -0.650. The van der Waals surface area contributed by atoms with Crippen LogP contribution in [0.5, 0.6) is 0 Å². The van der Waals surface area contributed by atoms with E-state index in [9.17, 15) is 4.79 Å². The first-order valence-corrected chi connectivity index (χ1v) is 6.12. The Morgan fingerprint density at radius 2 is 1.94 bits per heavy atom. The van der Waals surface area contributed by atoms with Crippen LogP contribution in [0.25, 0.3) is 0 Å². The zero-order valence-electron chi connectivity index (χ0n) is 11.6. The first kappa shape index (κ1) is 16.4. The van der Waals surface area contributed by atoms with Gasteiger partial charge in [0.2, 0.25) is 0 Å². The van der Waals surface area contributed by atoms with Crippen LogP contribution in [-0.4, -0.2) is 60.9 Å². The highest BCUT2D eigenvalue weighted by Crippen LogP contribution is 1.94. The van der Waals surface area contributed by atoms with Crippen molar-refractivity contribution in [3.8, 4) is 0 Å². The third-order valence-electron chi connectivity index (χ3n) is 2.25. The van der Waals surface area contributed by atoms with Crippen LogP contribution in [0.1, 0.15) is 27.7 Å². The van der Waals surface area contributed by atoms with Gasteiger partial charge in [0.05, 0.1) is 12.7 Å². The fraction of sp³-hybridized carbons (Fsp3) is 0.917. The minimum Gasteiger partial charge on any atom is -0.480 e. The number of ether oxygens (including phenoxy) is 1. The molecule has 0 aliphatic heterocycles. The van der Waals surface area contributed by atoms with E-state index in [-0.39, 0.29) is 12.1 Å². The van der Waals surface area contributed by atoms with Crippen molar-refractivity contribution in [2.24, 2.45) is 0 Å². The van der Waals surface area contributed by atoms with E-state index in [0.717, 1.165) is 6.54 Å². The van der Waals surface area contributed by atoms with Gasteiger partial charge in [-0.15, -0.1) is 0 Å². The molecular formula is C12H26N2O3. The summed E-state index contributed by atoms with van der Waals surface area (Å²) < 4.78 is 5.43. The molecule has 0 saturated heterocycles. The second-order valence-electron chi connectivity index (χ2n) is 4.89. The summed E-state index contributed by atoms with van der Waals surface area (Å²) in [6.07, 6.45) is 0.215. The van der Waals surface area contributed by atoms with E-state index in [0.29, 0.717) is 13.2 Å². The van der Waals surface area contributed by atoms with Crippen LogP contribution in [0.15, 0.2) is 0 Å². The number of carboxylic acids is 1. The molecule has 0 amide bonds. The van der Waals surface area contributed by atoms with Crippen molar-refractivity contribution in [1.82, 2.24) is 10.2 Å². The Bertz CT molecular complexity index is 220. The lowest BCUT2D eigenvalue weighted by Gasteiger charge is -2.24. The molecule has 17 heavy (non-hydrogen) atoms. The van der Waals surface area contributed by atoms with E-state index >= 15 is 0 Å². The third-order valence-corrected chi connectivity index (χ3v) is 2.25. The molecule has 0 spiro atoms. The minimum absolute atomic E-state index is 0.163. The number of carboxylic acid groups (broad SMARTS) is 1. The standard InChI is InChI=1S/C12H26N2O3/c1-9(2)13-11(12(15)16)8-14(5)6-7-17-10(3)4/h9-11,13H,6-8H2,1-5H3,(H,15,16). The fourth-order valence-corrected chi connectivity index (χ4v) is 1.45. The molecule has 0 radical (unpaired) electrons. The first-order chi connectivity index (χ1) is 7.82. The smallest absolute Gasteiger partial charge is 0.322 e. The second kappa shape index (κ2) is 8.44. The van der Waals surface area contributed by atoms with Crippen LogP contribution in [-0.2, 0) is 9.53 Å².